The van der Waals surface area contributed by atoms with Gasteiger partial charge in [0.25, 0.3) is 5.89 Å². The molecule has 0 saturated carbocycles. The number of aryl methyl sites for hydroxylation is 1. The number of rotatable bonds is 5. The van der Waals surface area contributed by atoms with Crippen LogP contribution in [0.5, 0.6) is 0 Å². The molecule has 35 heavy (non-hydrogen) atoms. The van der Waals surface area contributed by atoms with E-state index in [1.165, 1.54) is 22.6 Å². The Labute approximate surface area is 207 Å². The molecule has 3 aromatic carbocycles. The smallest absolute Gasteiger partial charge is 0.327 e. The highest BCUT2D eigenvalue weighted by Crippen LogP contribution is 2.39. The molecule has 0 saturated heterocycles. The van der Waals surface area contributed by atoms with Gasteiger partial charge in [-0.15, -0.1) is 0 Å². The number of anilines is 1. The average Bonchev–Trinajstić information content (AvgIpc) is 3.33. The zero-order valence-electron chi connectivity index (χ0n) is 19.1. The first-order valence-corrected chi connectivity index (χ1v) is 11.6. The van der Waals surface area contributed by atoms with Crippen molar-refractivity contribution in [2.24, 2.45) is 0 Å². The van der Waals surface area contributed by atoms with Crippen molar-refractivity contribution in [3.8, 4) is 11.4 Å². The molecule has 0 aliphatic carbocycles. The summed E-state index contributed by atoms with van der Waals surface area (Å²) in [6.45, 7) is 3.87. The standard InChI is InChI=1S/C27H22ClFN4O2/c1-3-17-10-12-18(13-11-17)25-31-26(35-32-25)23-16(2)33(22-9-5-8-21(29)15-22)27(34)30-24(23)19-6-4-7-20(28)14-19/h4-15,24H,3H2,1-2H3,(H,30,34). The van der Waals surface area contributed by atoms with Gasteiger partial charge in [-0.2, -0.15) is 4.98 Å². The Kier molecular flexibility index (Phi) is 6.09. The third-order valence-electron chi connectivity index (χ3n) is 6.01. The molecule has 6 nitrogen and oxygen atoms in total. The van der Waals surface area contributed by atoms with Crippen LogP contribution in [0.15, 0.2) is 83.0 Å². The predicted octanol–water partition coefficient (Wildman–Crippen LogP) is 6.79. The fourth-order valence-corrected chi connectivity index (χ4v) is 4.42. The summed E-state index contributed by atoms with van der Waals surface area (Å²) in [6, 6.07) is 20.0. The summed E-state index contributed by atoms with van der Waals surface area (Å²) in [5, 5.41) is 7.71. The molecule has 8 heteroatoms. The number of nitrogens with zero attached hydrogens (tertiary/aromatic N) is 3. The number of halogens is 2. The lowest BCUT2D eigenvalue weighted by Gasteiger charge is -2.35. The lowest BCUT2D eigenvalue weighted by atomic mass is 9.94. The van der Waals surface area contributed by atoms with Gasteiger partial charge in [-0.1, -0.05) is 66.1 Å². The van der Waals surface area contributed by atoms with Gasteiger partial charge >= 0.3 is 6.03 Å². The number of urea groups is 1. The Morgan fingerprint density at radius 2 is 1.86 bits per heavy atom. The summed E-state index contributed by atoms with van der Waals surface area (Å²) in [4.78, 5) is 19.3. The molecule has 4 aromatic rings. The SMILES string of the molecule is CCc1ccc(-c2noc(C3=C(C)N(c4cccc(F)c4)C(=O)NC3c3cccc(Cl)c3)n2)cc1. The van der Waals surface area contributed by atoms with E-state index in [2.05, 4.69) is 22.4 Å². The third kappa shape index (κ3) is 4.42. The van der Waals surface area contributed by atoms with E-state index < -0.39 is 17.9 Å². The molecule has 1 aliphatic rings. The highest BCUT2D eigenvalue weighted by Gasteiger charge is 2.36. The van der Waals surface area contributed by atoms with Crippen LogP contribution in [-0.2, 0) is 6.42 Å². The van der Waals surface area contributed by atoms with Crippen LogP contribution >= 0.6 is 11.6 Å². The first-order chi connectivity index (χ1) is 16.9. The summed E-state index contributed by atoms with van der Waals surface area (Å²) < 4.78 is 19.7. The first-order valence-electron chi connectivity index (χ1n) is 11.2. The van der Waals surface area contributed by atoms with E-state index in [0.29, 0.717) is 27.8 Å². The number of aromatic nitrogens is 2. The fraction of sp³-hybridized carbons (Fsp3) is 0.148. The van der Waals surface area contributed by atoms with E-state index in [1.54, 1.807) is 31.2 Å². The molecule has 1 unspecified atom stereocenters. The molecule has 1 aliphatic heterocycles. The van der Waals surface area contributed by atoms with Crippen LogP contribution in [0, 0.1) is 5.82 Å². The van der Waals surface area contributed by atoms with Gasteiger partial charge in [0.15, 0.2) is 0 Å². The van der Waals surface area contributed by atoms with Crippen LogP contribution in [0.1, 0.15) is 36.9 Å². The van der Waals surface area contributed by atoms with Gasteiger partial charge in [0, 0.05) is 16.3 Å². The minimum absolute atomic E-state index is 0.253. The van der Waals surface area contributed by atoms with Gasteiger partial charge in [-0.25, -0.2) is 9.18 Å². The second-order valence-corrected chi connectivity index (χ2v) is 8.66. The topological polar surface area (TPSA) is 71.3 Å². The van der Waals surface area contributed by atoms with E-state index in [0.717, 1.165) is 17.5 Å². The largest absolute Gasteiger partial charge is 0.334 e. The molecule has 176 valence electrons. The van der Waals surface area contributed by atoms with E-state index in [1.807, 2.05) is 36.4 Å². The highest BCUT2D eigenvalue weighted by molar-refractivity contribution is 6.30. The first kappa shape index (κ1) is 22.8. The number of hydrogen-bond donors (Lipinski definition) is 1. The average molecular weight is 489 g/mol. The van der Waals surface area contributed by atoms with Crippen LogP contribution in [0.4, 0.5) is 14.9 Å². The van der Waals surface area contributed by atoms with Crippen LogP contribution in [-0.4, -0.2) is 16.2 Å². The maximum absolute atomic E-state index is 14.0. The van der Waals surface area contributed by atoms with Crippen molar-refractivity contribution in [3.63, 3.8) is 0 Å². The van der Waals surface area contributed by atoms with Crippen molar-refractivity contribution < 1.29 is 13.7 Å². The highest BCUT2D eigenvalue weighted by atomic mass is 35.5. The Morgan fingerprint density at radius 1 is 1.09 bits per heavy atom. The predicted molar refractivity (Wildman–Crippen MR) is 133 cm³/mol. The minimum Gasteiger partial charge on any atom is -0.334 e. The summed E-state index contributed by atoms with van der Waals surface area (Å²) >= 11 is 6.25. The van der Waals surface area contributed by atoms with Crippen LogP contribution in [0.2, 0.25) is 5.02 Å². The van der Waals surface area contributed by atoms with Crippen LogP contribution < -0.4 is 10.2 Å². The molecular formula is C27H22ClFN4O2. The molecule has 1 atom stereocenters. The van der Waals surface area contributed by atoms with Crippen LogP contribution in [0.3, 0.4) is 0 Å². The van der Waals surface area contributed by atoms with Crippen molar-refractivity contribution in [3.05, 3.63) is 106 Å². The molecule has 2 heterocycles. The number of allylic oxidation sites excluding steroid dienone is 1. The maximum Gasteiger partial charge on any atom is 0.327 e. The number of amides is 2. The molecule has 5 rings (SSSR count). The molecule has 2 amide bonds. The lowest BCUT2D eigenvalue weighted by Crippen LogP contribution is -2.46. The minimum atomic E-state index is -0.596. The molecule has 0 radical (unpaired) electrons. The number of hydrogen-bond acceptors (Lipinski definition) is 4. The van der Waals surface area contributed by atoms with E-state index >= 15 is 0 Å². The number of carbonyl (C=O) groups excluding carboxylic acids is 1. The monoisotopic (exact) mass is 488 g/mol. The number of nitrogens with one attached hydrogen (secondary N) is 1. The number of benzene rings is 3. The van der Waals surface area contributed by atoms with Gasteiger partial charge in [-0.3, -0.25) is 4.90 Å². The van der Waals surface area contributed by atoms with Crippen molar-refractivity contribution in [2.45, 2.75) is 26.3 Å². The van der Waals surface area contributed by atoms with Gasteiger partial charge in [-0.05, 0) is 54.8 Å². The zero-order chi connectivity index (χ0) is 24.5. The second-order valence-electron chi connectivity index (χ2n) is 8.23. The van der Waals surface area contributed by atoms with Gasteiger partial charge in [0.2, 0.25) is 5.82 Å². The summed E-state index contributed by atoms with van der Waals surface area (Å²) in [7, 11) is 0. The van der Waals surface area contributed by atoms with E-state index in [9.17, 15) is 9.18 Å². The van der Waals surface area contributed by atoms with E-state index in [4.69, 9.17) is 16.1 Å². The van der Waals surface area contributed by atoms with Gasteiger partial charge < -0.3 is 9.84 Å². The second kappa shape index (κ2) is 9.35. The Hall–Kier alpha value is -3.97. The molecular weight excluding hydrogens is 467 g/mol. The van der Waals surface area contributed by atoms with Crippen molar-refractivity contribution in [2.75, 3.05) is 4.90 Å². The normalized spacial score (nSPS) is 15.9. The molecule has 0 bridgehead atoms. The van der Waals surface area contributed by atoms with Gasteiger partial charge in [0.1, 0.15) is 5.82 Å². The van der Waals surface area contributed by atoms with Gasteiger partial charge in [0.05, 0.1) is 17.3 Å². The fourth-order valence-electron chi connectivity index (χ4n) is 4.22. The molecule has 0 fully saturated rings. The lowest BCUT2D eigenvalue weighted by molar-refractivity contribution is 0.244. The van der Waals surface area contributed by atoms with Crippen molar-refractivity contribution in [1.82, 2.24) is 15.5 Å². The van der Waals surface area contributed by atoms with Crippen molar-refractivity contribution >= 4 is 28.9 Å². The Balaban J connectivity index is 1.64. The van der Waals surface area contributed by atoms with E-state index in [-0.39, 0.29) is 5.89 Å². The molecule has 1 N–H and O–H groups in total. The third-order valence-corrected chi connectivity index (χ3v) is 6.25. The Morgan fingerprint density at radius 3 is 2.57 bits per heavy atom. The maximum atomic E-state index is 14.0. The summed E-state index contributed by atoms with van der Waals surface area (Å²) in [6.07, 6.45) is 0.931. The molecule has 1 aromatic heterocycles. The summed E-state index contributed by atoms with van der Waals surface area (Å²) in [5.41, 5.74) is 4.30. The zero-order valence-corrected chi connectivity index (χ0v) is 19.9. The number of carbonyl (C=O) groups is 1. The summed E-state index contributed by atoms with van der Waals surface area (Å²) in [5.74, 6) is 0.239. The quantitative estimate of drug-likeness (QED) is 0.335. The molecule has 0 spiro atoms. The van der Waals surface area contributed by atoms with Crippen molar-refractivity contribution in [1.29, 1.82) is 0 Å². The Bertz CT molecular complexity index is 1430. The van der Waals surface area contributed by atoms with Crippen LogP contribution in [0.25, 0.3) is 17.0 Å².